The maximum atomic E-state index is 13.6. The first-order chi connectivity index (χ1) is 10.1. The highest BCUT2D eigenvalue weighted by Gasteiger charge is 2.06. The fraction of sp³-hybridized carbons (Fsp3) is 0.312. The zero-order valence-corrected chi connectivity index (χ0v) is 13.4. The number of nitrogens with two attached hydrogens (primary N) is 1. The Morgan fingerprint density at radius 3 is 2.81 bits per heavy atom. The van der Waals surface area contributed by atoms with Crippen molar-refractivity contribution in [3.05, 3.63) is 58.1 Å². The Morgan fingerprint density at radius 2 is 2.14 bits per heavy atom. The fourth-order valence-corrected chi connectivity index (χ4v) is 2.15. The summed E-state index contributed by atoms with van der Waals surface area (Å²) in [5, 5.41) is 0. The second kappa shape index (κ2) is 7.52. The van der Waals surface area contributed by atoms with E-state index in [1.807, 2.05) is 25.1 Å². The van der Waals surface area contributed by atoms with Crippen molar-refractivity contribution in [2.75, 3.05) is 0 Å². The minimum atomic E-state index is -0.311. The molecule has 1 unspecified atom stereocenters. The maximum Gasteiger partial charge on any atom is 0.130 e. The van der Waals surface area contributed by atoms with E-state index in [1.165, 1.54) is 12.1 Å². The van der Waals surface area contributed by atoms with Gasteiger partial charge in [0.15, 0.2) is 0 Å². The number of hydrogen-bond acceptors (Lipinski definition) is 3. The summed E-state index contributed by atoms with van der Waals surface area (Å²) < 4.78 is 20.1. The lowest BCUT2D eigenvalue weighted by Crippen LogP contribution is -2.21. The van der Waals surface area contributed by atoms with Crippen molar-refractivity contribution in [1.82, 2.24) is 4.98 Å². The van der Waals surface area contributed by atoms with Gasteiger partial charge in [-0.3, -0.25) is 4.98 Å². The molecule has 112 valence electrons. The summed E-state index contributed by atoms with van der Waals surface area (Å²) in [6, 6.07) is 8.49. The van der Waals surface area contributed by atoms with Crippen molar-refractivity contribution >= 4 is 15.9 Å². The maximum absolute atomic E-state index is 13.6. The average molecular weight is 353 g/mol. The van der Waals surface area contributed by atoms with Gasteiger partial charge in [0.1, 0.15) is 18.2 Å². The second-order valence-electron chi connectivity index (χ2n) is 4.92. The first kappa shape index (κ1) is 15.9. The van der Waals surface area contributed by atoms with Gasteiger partial charge in [0, 0.05) is 22.8 Å². The van der Waals surface area contributed by atoms with Crippen LogP contribution in [-0.4, -0.2) is 11.0 Å². The van der Waals surface area contributed by atoms with Crippen LogP contribution in [0.2, 0.25) is 0 Å². The Kier molecular flexibility index (Phi) is 5.70. The van der Waals surface area contributed by atoms with Crippen molar-refractivity contribution < 1.29 is 9.13 Å². The molecular weight excluding hydrogens is 335 g/mol. The lowest BCUT2D eigenvalue weighted by Gasteiger charge is -2.11. The molecule has 1 heterocycles. The fourth-order valence-electron chi connectivity index (χ4n) is 1.92. The molecule has 0 saturated carbocycles. The van der Waals surface area contributed by atoms with Gasteiger partial charge in [-0.1, -0.05) is 6.92 Å². The number of pyridine rings is 1. The zero-order valence-electron chi connectivity index (χ0n) is 11.9. The Balaban J connectivity index is 2.04. The van der Waals surface area contributed by atoms with Gasteiger partial charge in [-0.05, 0) is 58.6 Å². The molecule has 0 aliphatic rings. The minimum Gasteiger partial charge on any atom is -0.487 e. The molecule has 2 aromatic rings. The SMILES string of the molecule is CCC(N)Cc1cc(F)cc(OCc2ccc(Br)cn2)c1. The number of hydrogen-bond donors (Lipinski definition) is 1. The summed E-state index contributed by atoms with van der Waals surface area (Å²) in [7, 11) is 0. The van der Waals surface area contributed by atoms with Crippen molar-refractivity contribution in [1.29, 1.82) is 0 Å². The van der Waals surface area contributed by atoms with Gasteiger partial charge in [-0.2, -0.15) is 0 Å². The van der Waals surface area contributed by atoms with Gasteiger partial charge < -0.3 is 10.5 Å². The Morgan fingerprint density at radius 1 is 1.33 bits per heavy atom. The molecule has 5 heteroatoms. The predicted molar refractivity (Wildman–Crippen MR) is 84.6 cm³/mol. The van der Waals surface area contributed by atoms with Gasteiger partial charge in [0.25, 0.3) is 0 Å². The standard InChI is InChI=1S/C16H18BrFN2O/c1-2-14(19)6-11-5-13(18)8-16(7-11)21-10-15-4-3-12(17)9-20-15/h3-5,7-9,14H,2,6,10,19H2,1H3. The Labute approximate surface area is 132 Å². The first-order valence-corrected chi connectivity index (χ1v) is 7.64. The smallest absolute Gasteiger partial charge is 0.130 e. The van der Waals surface area contributed by atoms with Gasteiger partial charge in [-0.25, -0.2) is 4.39 Å². The molecule has 1 atom stereocenters. The highest BCUT2D eigenvalue weighted by Crippen LogP contribution is 2.19. The number of benzene rings is 1. The molecule has 2 N–H and O–H groups in total. The van der Waals surface area contributed by atoms with E-state index in [-0.39, 0.29) is 11.9 Å². The van der Waals surface area contributed by atoms with Crippen LogP contribution in [-0.2, 0) is 13.0 Å². The van der Waals surface area contributed by atoms with E-state index in [0.29, 0.717) is 18.8 Å². The highest BCUT2D eigenvalue weighted by atomic mass is 79.9. The summed E-state index contributed by atoms with van der Waals surface area (Å²) in [5.41, 5.74) is 7.54. The van der Waals surface area contributed by atoms with Gasteiger partial charge in [0.05, 0.1) is 5.69 Å². The molecule has 0 aliphatic heterocycles. The Bertz CT molecular complexity index is 589. The third-order valence-corrected chi connectivity index (χ3v) is 3.60. The molecular formula is C16H18BrFN2O. The summed E-state index contributed by atoms with van der Waals surface area (Å²) in [6.45, 7) is 2.32. The molecule has 2 rings (SSSR count). The molecule has 0 saturated heterocycles. The normalized spacial score (nSPS) is 12.2. The largest absolute Gasteiger partial charge is 0.487 e. The van der Waals surface area contributed by atoms with E-state index in [1.54, 1.807) is 6.20 Å². The van der Waals surface area contributed by atoms with Crippen molar-refractivity contribution in [2.45, 2.75) is 32.4 Å². The molecule has 0 radical (unpaired) electrons. The molecule has 0 bridgehead atoms. The quantitative estimate of drug-likeness (QED) is 0.858. The summed E-state index contributed by atoms with van der Waals surface area (Å²) >= 11 is 3.33. The van der Waals surface area contributed by atoms with Gasteiger partial charge >= 0.3 is 0 Å². The molecule has 0 amide bonds. The van der Waals surface area contributed by atoms with Crippen molar-refractivity contribution in [3.8, 4) is 5.75 Å². The monoisotopic (exact) mass is 352 g/mol. The molecule has 1 aromatic heterocycles. The average Bonchev–Trinajstić information content (AvgIpc) is 2.46. The van der Waals surface area contributed by atoms with E-state index in [0.717, 1.165) is 22.2 Å². The number of nitrogens with zero attached hydrogens (tertiary/aromatic N) is 1. The van der Waals surface area contributed by atoms with Crippen LogP contribution in [0.4, 0.5) is 4.39 Å². The molecule has 1 aromatic carbocycles. The van der Waals surface area contributed by atoms with E-state index in [9.17, 15) is 4.39 Å². The van der Waals surface area contributed by atoms with Crippen LogP contribution in [0.1, 0.15) is 24.6 Å². The molecule has 3 nitrogen and oxygen atoms in total. The number of aromatic nitrogens is 1. The van der Waals surface area contributed by atoms with Crippen LogP contribution in [0.5, 0.6) is 5.75 Å². The first-order valence-electron chi connectivity index (χ1n) is 6.85. The second-order valence-corrected chi connectivity index (χ2v) is 5.84. The van der Waals surface area contributed by atoms with Crippen LogP contribution in [0.25, 0.3) is 0 Å². The van der Waals surface area contributed by atoms with E-state index in [4.69, 9.17) is 10.5 Å². The molecule has 0 aliphatic carbocycles. The minimum absolute atomic E-state index is 0.0350. The van der Waals surface area contributed by atoms with Gasteiger partial charge in [-0.15, -0.1) is 0 Å². The Hall–Kier alpha value is -1.46. The van der Waals surface area contributed by atoms with Gasteiger partial charge in [0.2, 0.25) is 0 Å². The summed E-state index contributed by atoms with van der Waals surface area (Å²) in [5.74, 6) is 0.188. The van der Waals surface area contributed by atoms with Crippen LogP contribution in [0, 0.1) is 5.82 Å². The highest BCUT2D eigenvalue weighted by molar-refractivity contribution is 9.10. The number of halogens is 2. The zero-order chi connectivity index (χ0) is 15.2. The van der Waals surface area contributed by atoms with Crippen LogP contribution < -0.4 is 10.5 Å². The van der Waals surface area contributed by atoms with Crippen LogP contribution >= 0.6 is 15.9 Å². The lowest BCUT2D eigenvalue weighted by atomic mass is 10.0. The predicted octanol–water partition coefficient (Wildman–Crippen LogP) is 3.84. The number of rotatable bonds is 6. The molecule has 0 fully saturated rings. The topological polar surface area (TPSA) is 48.1 Å². The summed E-state index contributed by atoms with van der Waals surface area (Å²) in [6.07, 6.45) is 3.20. The van der Waals surface area contributed by atoms with Crippen molar-refractivity contribution in [3.63, 3.8) is 0 Å². The van der Waals surface area contributed by atoms with E-state index < -0.39 is 0 Å². The summed E-state index contributed by atoms with van der Waals surface area (Å²) in [4.78, 5) is 4.21. The third-order valence-electron chi connectivity index (χ3n) is 3.13. The van der Waals surface area contributed by atoms with E-state index >= 15 is 0 Å². The van der Waals surface area contributed by atoms with E-state index in [2.05, 4.69) is 20.9 Å². The molecule has 21 heavy (non-hydrogen) atoms. The third kappa shape index (κ3) is 5.10. The lowest BCUT2D eigenvalue weighted by molar-refractivity contribution is 0.299. The van der Waals surface area contributed by atoms with Crippen molar-refractivity contribution in [2.24, 2.45) is 5.73 Å². The molecule has 0 spiro atoms. The van der Waals surface area contributed by atoms with Crippen LogP contribution in [0.3, 0.4) is 0 Å². The van der Waals surface area contributed by atoms with Crippen LogP contribution in [0.15, 0.2) is 41.0 Å². The number of ether oxygens (including phenoxy) is 1.